The van der Waals surface area contributed by atoms with E-state index in [1.807, 2.05) is 54.6 Å². The van der Waals surface area contributed by atoms with Crippen molar-refractivity contribution in [1.29, 1.82) is 0 Å². The number of benzene rings is 2. The molecule has 0 aliphatic carbocycles. The first-order chi connectivity index (χ1) is 9.62. The highest BCUT2D eigenvalue weighted by Gasteiger charge is 2.19. The van der Waals surface area contributed by atoms with Crippen LogP contribution >= 0.6 is 0 Å². The highest BCUT2D eigenvalue weighted by molar-refractivity contribution is 5.53. The summed E-state index contributed by atoms with van der Waals surface area (Å²) in [6, 6.07) is 18.1. The van der Waals surface area contributed by atoms with Crippen LogP contribution in [0.3, 0.4) is 0 Å². The lowest BCUT2D eigenvalue weighted by Crippen LogP contribution is -2.17. The van der Waals surface area contributed by atoms with Crippen LogP contribution in [0.25, 0.3) is 0 Å². The smallest absolute Gasteiger partial charge is 0.120 e. The highest BCUT2D eigenvalue weighted by Crippen LogP contribution is 2.27. The van der Waals surface area contributed by atoms with Gasteiger partial charge in [0.25, 0.3) is 0 Å². The zero-order chi connectivity index (χ0) is 14.4. The molecule has 0 spiro atoms. The highest BCUT2D eigenvalue weighted by atomic mass is 16.5. The van der Waals surface area contributed by atoms with Crippen molar-refractivity contribution in [3.05, 3.63) is 65.7 Å². The Labute approximate surface area is 120 Å². The fourth-order valence-corrected chi connectivity index (χ4v) is 2.07. The van der Waals surface area contributed by atoms with E-state index in [-0.39, 0.29) is 5.41 Å². The molecular weight excluding hydrogens is 248 g/mol. The summed E-state index contributed by atoms with van der Waals surface area (Å²) in [6.07, 6.45) is 1.50. The van der Waals surface area contributed by atoms with Crippen LogP contribution in [-0.4, -0.2) is 6.29 Å². The van der Waals surface area contributed by atoms with E-state index in [1.54, 1.807) is 0 Å². The van der Waals surface area contributed by atoms with Gasteiger partial charge < -0.3 is 9.53 Å². The number of carbonyl (C=O) groups is 1. The molecule has 20 heavy (non-hydrogen) atoms. The second kappa shape index (κ2) is 6.38. The van der Waals surface area contributed by atoms with Crippen LogP contribution in [0.15, 0.2) is 54.6 Å². The van der Waals surface area contributed by atoms with Gasteiger partial charge in [0.1, 0.15) is 18.6 Å². The zero-order valence-corrected chi connectivity index (χ0v) is 12.0. The van der Waals surface area contributed by atoms with Gasteiger partial charge in [-0.2, -0.15) is 0 Å². The molecule has 0 amide bonds. The Morgan fingerprint density at radius 3 is 2.25 bits per heavy atom. The Kier molecular flexibility index (Phi) is 4.57. The van der Waals surface area contributed by atoms with Crippen LogP contribution in [0.5, 0.6) is 5.75 Å². The summed E-state index contributed by atoms with van der Waals surface area (Å²) in [5.41, 5.74) is 2.18. The van der Waals surface area contributed by atoms with Crippen LogP contribution in [-0.2, 0) is 16.8 Å². The first kappa shape index (κ1) is 14.3. The number of hydrogen-bond acceptors (Lipinski definition) is 2. The van der Waals surface area contributed by atoms with Crippen molar-refractivity contribution in [3.63, 3.8) is 0 Å². The van der Waals surface area contributed by atoms with Gasteiger partial charge in [0.2, 0.25) is 0 Å². The standard InChI is InChI=1S/C18H20O2/c1-18(2,12-13-19)16-8-10-17(11-9-16)20-14-15-6-4-3-5-7-15/h3-11,13H,12,14H2,1-2H3. The molecule has 0 radical (unpaired) electrons. The van der Waals surface area contributed by atoms with Crippen molar-refractivity contribution in [1.82, 2.24) is 0 Å². The van der Waals surface area contributed by atoms with Gasteiger partial charge in [-0.25, -0.2) is 0 Å². The Balaban J connectivity index is 2.00. The first-order valence-corrected chi connectivity index (χ1v) is 6.83. The van der Waals surface area contributed by atoms with E-state index in [2.05, 4.69) is 13.8 Å². The first-order valence-electron chi connectivity index (χ1n) is 6.83. The summed E-state index contributed by atoms with van der Waals surface area (Å²) in [6.45, 7) is 4.71. The average molecular weight is 268 g/mol. The van der Waals surface area contributed by atoms with Crippen LogP contribution in [0.2, 0.25) is 0 Å². The van der Waals surface area contributed by atoms with Crippen molar-refractivity contribution in [2.45, 2.75) is 32.3 Å². The minimum absolute atomic E-state index is 0.125. The van der Waals surface area contributed by atoms with Crippen LogP contribution < -0.4 is 4.74 Å². The van der Waals surface area contributed by atoms with E-state index in [0.29, 0.717) is 13.0 Å². The molecule has 0 aliphatic rings. The molecule has 0 heterocycles. The molecule has 2 rings (SSSR count). The number of ether oxygens (including phenoxy) is 1. The molecule has 104 valence electrons. The molecule has 0 fully saturated rings. The third-order valence-electron chi connectivity index (χ3n) is 3.48. The maximum atomic E-state index is 10.7. The van der Waals surface area contributed by atoms with Gasteiger partial charge in [0, 0.05) is 6.42 Å². The Hall–Kier alpha value is -2.09. The minimum atomic E-state index is -0.125. The van der Waals surface area contributed by atoms with E-state index in [9.17, 15) is 4.79 Å². The quantitative estimate of drug-likeness (QED) is 0.736. The normalized spacial score (nSPS) is 11.1. The molecule has 2 aromatic rings. The topological polar surface area (TPSA) is 26.3 Å². The Morgan fingerprint density at radius 1 is 1.00 bits per heavy atom. The molecule has 0 N–H and O–H groups in total. The predicted octanol–water partition coefficient (Wildman–Crippen LogP) is 4.13. The summed E-state index contributed by atoms with van der Waals surface area (Å²) in [5, 5.41) is 0. The second-order valence-electron chi connectivity index (χ2n) is 5.55. The Bertz CT molecular complexity index is 541. The van der Waals surface area contributed by atoms with Gasteiger partial charge in [-0.1, -0.05) is 56.3 Å². The fraction of sp³-hybridized carbons (Fsp3) is 0.278. The largest absolute Gasteiger partial charge is 0.489 e. The summed E-state index contributed by atoms with van der Waals surface area (Å²) in [7, 11) is 0. The van der Waals surface area contributed by atoms with Gasteiger partial charge in [0.15, 0.2) is 0 Å². The molecule has 0 atom stereocenters. The molecule has 0 bridgehead atoms. The van der Waals surface area contributed by atoms with E-state index < -0.39 is 0 Å². The second-order valence-corrected chi connectivity index (χ2v) is 5.55. The molecular formula is C18H20O2. The molecule has 0 saturated heterocycles. The van der Waals surface area contributed by atoms with Crippen LogP contribution in [0.1, 0.15) is 31.4 Å². The van der Waals surface area contributed by atoms with Gasteiger partial charge in [0.05, 0.1) is 0 Å². The molecule has 2 nitrogen and oxygen atoms in total. The van der Waals surface area contributed by atoms with Gasteiger partial charge in [-0.3, -0.25) is 0 Å². The lowest BCUT2D eigenvalue weighted by molar-refractivity contribution is -0.108. The zero-order valence-electron chi connectivity index (χ0n) is 12.0. The Morgan fingerprint density at radius 2 is 1.65 bits per heavy atom. The molecule has 0 unspecified atom stereocenters. The third kappa shape index (κ3) is 3.70. The predicted molar refractivity (Wildman–Crippen MR) is 80.9 cm³/mol. The maximum absolute atomic E-state index is 10.7. The van der Waals surface area contributed by atoms with Gasteiger partial charge in [-0.15, -0.1) is 0 Å². The van der Waals surface area contributed by atoms with E-state index in [0.717, 1.165) is 23.2 Å². The van der Waals surface area contributed by atoms with Crippen LogP contribution in [0.4, 0.5) is 0 Å². The maximum Gasteiger partial charge on any atom is 0.120 e. The summed E-state index contributed by atoms with van der Waals surface area (Å²) >= 11 is 0. The average Bonchev–Trinajstić information content (AvgIpc) is 2.47. The SMILES string of the molecule is CC(C)(CC=O)c1ccc(OCc2ccccc2)cc1. The van der Waals surface area contributed by atoms with Crippen molar-refractivity contribution in [2.24, 2.45) is 0 Å². The molecule has 2 heteroatoms. The van der Waals surface area contributed by atoms with Crippen molar-refractivity contribution >= 4 is 6.29 Å². The summed E-state index contributed by atoms with van der Waals surface area (Å²) < 4.78 is 5.75. The van der Waals surface area contributed by atoms with E-state index >= 15 is 0 Å². The molecule has 2 aromatic carbocycles. The monoisotopic (exact) mass is 268 g/mol. The van der Waals surface area contributed by atoms with Crippen LogP contribution in [0, 0.1) is 0 Å². The number of aldehydes is 1. The van der Waals surface area contributed by atoms with Gasteiger partial charge in [-0.05, 0) is 28.7 Å². The lowest BCUT2D eigenvalue weighted by Gasteiger charge is -2.22. The summed E-state index contributed by atoms with van der Waals surface area (Å²) in [5.74, 6) is 0.847. The minimum Gasteiger partial charge on any atom is -0.489 e. The van der Waals surface area contributed by atoms with Crippen molar-refractivity contribution in [3.8, 4) is 5.75 Å². The van der Waals surface area contributed by atoms with Gasteiger partial charge >= 0.3 is 0 Å². The van der Waals surface area contributed by atoms with E-state index in [4.69, 9.17) is 4.74 Å². The molecule has 0 aromatic heterocycles. The van der Waals surface area contributed by atoms with Crippen molar-refractivity contribution in [2.75, 3.05) is 0 Å². The molecule has 0 aliphatic heterocycles. The third-order valence-corrected chi connectivity index (χ3v) is 3.48. The molecule has 0 saturated carbocycles. The lowest BCUT2D eigenvalue weighted by atomic mass is 9.82. The van der Waals surface area contributed by atoms with Crippen molar-refractivity contribution < 1.29 is 9.53 Å². The number of hydrogen-bond donors (Lipinski definition) is 0. The fourth-order valence-electron chi connectivity index (χ4n) is 2.07. The van der Waals surface area contributed by atoms with E-state index in [1.165, 1.54) is 0 Å². The number of carbonyl (C=O) groups excluding carboxylic acids is 1. The summed E-state index contributed by atoms with van der Waals surface area (Å²) in [4.78, 5) is 10.7. The number of rotatable bonds is 6.